The molecule has 0 saturated heterocycles. The summed E-state index contributed by atoms with van der Waals surface area (Å²) in [5.41, 5.74) is 8.52. The molecule has 0 aromatic carbocycles. The van der Waals surface area contributed by atoms with Crippen LogP contribution in [0.15, 0.2) is 29.0 Å². The number of aryl methyl sites for hydroxylation is 1. The van der Waals surface area contributed by atoms with Crippen molar-refractivity contribution in [3.8, 4) is 11.5 Å². The average Bonchev–Trinajstić information content (AvgIpc) is 3.26. The van der Waals surface area contributed by atoms with Gasteiger partial charge in [0.25, 0.3) is 11.8 Å². The monoisotopic (exact) mass is 383 g/mol. The number of hydrogen-bond donors (Lipinski definition) is 3. The number of primary amides is 1. The van der Waals surface area contributed by atoms with Crippen LogP contribution in [0.4, 0.5) is 5.00 Å². The van der Waals surface area contributed by atoms with Crippen LogP contribution in [0.3, 0.4) is 0 Å². The number of nitrogens with one attached hydrogen (secondary N) is 2. The number of nitrogens with two attached hydrogens (primary N) is 1. The number of hydrogen-bond acceptors (Lipinski definition) is 7. The van der Waals surface area contributed by atoms with Crippen molar-refractivity contribution in [3.63, 3.8) is 0 Å². The molecule has 0 atom stereocenters. The molecule has 0 bridgehead atoms. The fraction of sp³-hybridized carbons (Fsp3) is 0.222. The topological polar surface area (TPSA) is 123 Å². The highest BCUT2D eigenvalue weighted by Gasteiger charge is 2.25. The quantitative estimate of drug-likeness (QED) is 0.634. The summed E-state index contributed by atoms with van der Waals surface area (Å²) in [4.78, 5) is 33.9. The summed E-state index contributed by atoms with van der Waals surface area (Å²) in [5.74, 6) is -0.668. The Morgan fingerprint density at radius 2 is 2.26 bits per heavy atom. The number of rotatable bonds is 4. The van der Waals surface area contributed by atoms with E-state index in [-0.39, 0.29) is 5.69 Å². The van der Waals surface area contributed by atoms with Crippen LogP contribution >= 0.6 is 11.3 Å². The third-order valence-corrected chi connectivity index (χ3v) is 5.43. The molecule has 138 valence electrons. The van der Waals surface area contributed by atoms with Gasteiger partial charge in [-0.05, 0) is 37.6 Å². The molecule has 4 heterocycles. The molecule has 0 fully saturated rings. The van der Waals surface area contributed by atoms with Crippen molar-refractivity contribution in [3.05, 3.63) is 52.0 Å². The molecule has 2 amide bonds. The van der Waals surface area contributed by atoms with Crippen molar-refractivity contribution in [2.45, 2.75) is 19.9 Å². The van der Waals surface area contributed by atoms with Crippen LogP contribution in [0, 0.1) is 6.92 Å². The second-order valence-corrected chi connectivity index (χ2v) is 7.28. The third kappa shape index (κ3) is 3.34. The summed E-state index contributed by atoms with van der Waals surface area (Å²) < 4.78 is 5.43. The van der Waals surface area contributed by atoms with Crippen LogP contribution in [0.5, 0.6) is 0 Å². The number of nitrogens with zero attached hydrogens (tertiary/aromatic N) is 2. The van der Waals surface area contributed by atoms with Crippen LogP contribution in [-0.2, 0) is 13.0 Å². The van der Waals surface area contributed by atoms with Gasteiger partial charge in [-0.3, -0.25) is 14.6 Å². The number of amides is 2. The standard InChI is InChI=1S/C18H17N5O3S/c1-9-6-10(2-5-21-9)17-22-12(8-26-17)16(25)23-18-14(15(19)24)11-3-4-20-7-13(11)27-18/h2,5-6,8,20H,3-4,7H2,1H3,(H2,19,24)(H,23,25). The lowest BCUT2D eigenvalue weighted by Crippen LogP contribution is -2.24. The largest absolute Gasteiger partial charge is 0.444 e. The lowest BCUT2D eigenvalue weighted by Gasteiger charge is -2.12. The molecule has 1 aliphatic rings. The van der Waals surface area contributed by atoms with E-state index in [2.05, 4.69) is 20.6 Å². The summed E-state index contributed by atoms with van der Waals surface area (Å²) in [6, 6.07) is 3.57. The molecule has 3 aromatic heterocycles. The molecule has 0 aliphatic carbocycles. The van der Waals surface area contributed by atoms with Crippen LogP contribution in [0.1, 0.15) is 37.0 Å². The second-order valence-electron chi connectivity index (χ2n) is 6.18. The number of fused-ring (bicyclic) bond motifs is 1. The predicted octanol–water partition coefficient (Wildman–Crippen LogP) is 2.10. The Morgan fingerprint density at radius 1 is 1.41 bits per heavy atom. The van der Waals surface area contributed by atoms with Crippen molar-refractivity contribution in [1.29, 1.82) is 0 Å². The average molecular weight is 383 g/mol. The zero-order valence-electron chi connectivity index (χ0n) is 14.5. The van der Waals surface area contributed by atoms with Crippen molar-refractivity contribution in [2.24, 2.45) is 5.73 Å². The second kappa shape index (κ2) is 6.93. The fourth-order valence-electron chi connectivity index (χ4n) is 3.04. The van der Waals surface area contributed by atoms with Crippen molar-refractivity contribution in [1.82, 2.24) is 15.3 Å². The zero-order valence-corrected chi connectivity index (χ0v) is 15.4. The highest BCUT2D eigenvalue weighted by atomic mass is 32.1. The van der Waals surface area contributed by atoms with E-state index in [1.54, 1.807) is 12.3 Å². The Hall–Kier alpha value is -3.04. The maximum absolute atomic E-state index is 12.6. The zero-order chi connectivity index (χ0) is 19.0. The number of anilines is 1. The number of pyridine rings is 1. The Labute approximate surface area is 158 Å². The highest BCUT2D eigenvalue weighted by Crippen LogP contribution is 2.35. The van der Waals surface area contributed by atoms with Crippen molar-refractivity contribution in [2.75, 3.05) is 11.9 Å². The number of thiophene rings is 1. The fourth-order valence-corrected chi connectivity index (χ4v) is 4.26. The number of oxazole rings is 1. The summed E-state index contributed by atoms with van der Waals surface area (Å²) >= 11 is 1.36. The molecule has 1 aliphatic heterocycles. The first kappa shape index (κ1) is 17.4. The minimum absolute atomic E-state index is 0.124. The normalized spacial score (nSPS) is 13.2. The first-order valence-electron chi connectivity index (χ1n) is 8.38. The van der Waals surface area contributed by atoms with Gasteiger partial charge in [-0.25, -0.2) is 4.98 Å². The van der Waals surface area contributed by atoms with E-state index in [9.17, 15) is 9.59 Å². The van der Waals surface area contributed by atoms with E-state index in [0.717, 1.165) is 28.2 Å². The van der Waals surface area contributed by atoms with E-state index in [0.29, 0.717) is 29.4 Å². The Bertz CT molecular complexity index is 1040. The van der Waals surface area contributed by atoms with Gasteiger partial charge < -0.3 is 20.8 Å². The Kier molecular flexibility index (Phi) is 4.46. The van der Waals surface area contributed by atoms with Crippen LogP contribution in [0.25, 0.3) is 11.5 Å². The van der Waals surface area contributed by atoms with Gasteiger partial charge in [0.15, 0.2) is 5.69 Å². The van der Waals surface area contributed by atoms with Gasteiger partial charge in [-0.2, -0.15) is 0 Å². The first-order valence-corrected chi connectivity index (χ1v) is 9.19. The Morgan fingerprint density at radius 3 is 3.04 bits per heavy atom. The minimum atomic E-state index is -0.544. The maximum Gasteiger partial charge on any atom is 0.278 e. The van der Waals surface area contributed by atoms with E-state index < -0.39 is 11.8 Å². The molecule has 27 heavy (non-hydrogen) atoms. The van der Waals surface area contributed by atoms with E-state index in [1.807, 2.05) is 13.0 Å². The molecule has 4 rings (SSSR count). The van der Waals surface area contributed by atoms with E-state index in [1.165, 1.54) is 17.6 Å². The van der Waals surface area contributed by atoms with Crippen molar-refractivity contribution >= 4 is 28.2 Å². The summed E-state index contributed by atoms with van der Waals surface area (Å²) in [7, 11) is 0. The van der Waals surface area contributed by atoms with Crippen LogP contribution < -0.4 is 16.4 Å². The molecule has 4 N–H and O–H groups in total. The van der Waals surface area contributed by atoms with Crippen molar-refractivity contribution < 1.29 is 14.0 Å². The summed E-state index contributed by atoms with van der Waals surface area (Å²) in [6.45, 7) is 3.29. The molecular formula is C18H17N5O3S. The molecule has 3 aromatic rings. The van der Waals surface area contributed by atoms with Gasteiger partial charge in [0.2, 0.25) is 5.89 Å². The van der Waals surface area contributed by atoms with Gasteiger partial charge in [-0.15, -0.1) is 11.3 Å². The lowest BCUT2D eigenvalue weighted by molar-refractivity contribution is 0.100. The summed E-state index contributed by atoms with van der Waals surface area (Å²) in [6.07, 6.45) is 3.65. The number of carbonyl (C=O) groups excluding carboxylic acids is 2. The molecule has 8 nitrogen and oxygen atoms in total. The Balaban J connectivity index is 1.60. The third-order valence-electron chi connectivity index (χ3n) is 4.28. The SMILES string of the molecule is Cc1cc(-c2nc(C(=O)Nc3sc4c(c3C(N)=O)CCNC4)co2)ccn1. The van der Waals surface area contributed by atoms with Gasteiger partial charge in [-0.1, -0.05) is 0 Å². The summed E-state index contributed by atoms with van der Waals surface area (Å²) in [5, 5.41) is 6.45. The molecule has 9 heteroatoms. The highest BCUT2D eigenvalue weighted by molar-refractivity contribution is 7.17. The molecular weight excluding hydrogens is 366 g/mol. The maximum atomic E-state index is 12.6. The number of aromatic nitrogens is 2. The van der Waals surface area contributed by atoms with Gasteiger partial charge in [0.1, 0.15) is 11.3 Å². The van der Waals surface area contributed by atoms with E-state index in [4.69, 9.17) is 10.2 Å². The smallest absolute Gasteiger partial charge is 0.278 e. The predicted molar refractivity (Wildman–Crippen MR) is 101 cm³/mol. The first-order chi connectivity index (χ1) is 13.0. The molecule has 0 spiro atoms. The molecule has 0 unspecified atom stereocenters. The lowest BCUT2D eigenvalue weighted by atomic mass is 10.0. The minimum Gasteiger partial charge on any atom is -0.444 e. The van der Waals surface area contributed by atoms with Gasteiger partial charge in [0.05, 0.1) is 5.56 Å². The van der Waals surface area contributed by atoms with Crippen LogP contribution in [-0.4, -0.2) is 28.3 Å². The molecule has 0 radical (unpaired) electrons. The van der Waals surface area contributed by atoms with Crippen LogP contribution in [0.2, 0.25) is 0 Å². The molecule has 0 saturated carbocycles. The number of carbonyl (C=O) groups is 2. The van der Waals surface area contributed by atoms with Gasteiger partial charge in [0, 0.05) is 28.9 Å². The van der Waals surface area contributed by atoms with E-state index >= 15 is 0 Å². The van der Waals surface area contributed by atoms with Gasteiger partial charge >= 0.3 is 0 Å².